The summed E-state index contributed by atoms with van der Waals surface area (Å²) in [6.07, 6.45) is 3.12. The number of furan rings is 1. The average molecular weight is 380 g/mol. The zero-order valence-electron chi connectivity index (χ0n) is 14.8. The number of nitrogens with zero attached hydrogens (tertiary/aromatic N) is 3. The molecule has 4 rings (SSSR count). The fourth-order valence-electron chi connectivity index (χ4n) is 3.08. The number of pyridine rings is 2. The van der Waals surface area contributed by atoms with E-state index in [0.29, 0.717) is 17.1 Å². The van der Waals surface area contributed by atoms with Crippen LogP contribution in [0.4, 0.5) is 5.82 Å². The Hall–Kier alpha value is -3.72. The molecule has 0 unspecified atom stereocenters. The van der Waals surface area contributed by atoms with Crippen LogP contribution in [0.15, 0.2) is 58.1 Å². The second-order valence-corrected chi connectivity index (χ2v) is 6.16. The van der Waals surface area contributed by atoms with E-state index in [2.05, 4.69) is 10.3 Å². The summed E-state index contributed by atoms with van der Waals surface area (Å²) in [5, 5.41) is 12.4. The number of hydrogen-bond acceptors (Lipinski definition) is 6. The van der Waals surface area contributed by atoms with E-state index in [9.17, 15) is 14.7 Å². The molecule has 9 heteroatoms. The molecule has 4 aromatic heterocycles. The third kappa shape index (κ3) is 2.97. The first kappa shape index (κ1) is 17.7. The largest absolute Gasteiger partial charge is 0.467 e. The summed E-state index contributed by atoms with van der Waals surface area (Å²) < 4.78 is 8.08. The van der Waals surface area contributed by atoms with Gasteiger partial charge < -0.3 is 20.6 Å². The van der Waals surface area contributed by atoms with E-state index < -0.39 is 5.91 Å². The molecule has 0 aliphatic carbocycles. The van der Waals surface area contributed by atoms with Crippen LogP contribution in [0.2, 0.25) is 0 Å². The Bertz CT molecular complexity index is 1230. The molecule has 9 nitrogen and oxygen atoms in total. The quantitative estimate of drug-likeness (QED) is 0.336. The number of nitrogens with two attached hydrogens (primary N) is 1. The van der Waals surface area contributed by atoms with E-state index in [1.165, 1.54) is 21.3 Å². The maximum absolute atomic E-state index is 12.9. The Labute approximate surface area is 158 Å². The number of nitrogens with one attached hydrogen (secondary N) is 1. The molecule has 4 N–H and O–H groups in total. The summed E-state index contributed by atoms with van der Waals surface area (Å²) in [5.41, 5.74) is 6.75. The maximum atomic E-state index is 12.9. The number of carbonyl (C=O) groups excluding carboxylic acids is 1. The van der Waals surface area contributed by atoms with Crippen molar-refractivity contribution in [2.45, 2.75) is 13.1 Å². The molecule has 0 aliphatic rings. The highest BCUT2D eigenvalue weighted by Crippen LogP contribution is 2.15. The molecule has 142 valence electrons. The summed E-state index contributed by atoms with van der Waals surface area (Å²) in [6.45, 7) is 0.0482. The van der Waals surface area contributed by atoms with E-state index in [1.807, 2.05) is 0 Å². The highest BCUT2D eigenvalue weighted by atomic mass is 16.3. The number of nitrogen functional groups attached to an aromatic ring is 1. The summed E-state index contributed by atoms with van der Waals surface area (Å²) in [6, 6.07) is 10.1. The van der Waals surface area contributed by atoms with Crippen molar-refractivity contribution in [1.82, 2.24) is 14.7 Å². The molecule has 0 atom stereocenters. The topological polar surface area (TPSA) is 127 Å². The monoisotopic (exact) mass is 380 g/mol. The van der Waals surface area contributed by atoms with E-state index in [-0.39, 0.29) is 42.0 Å². The molecule has 1 amide bonds. The van der Waals surface area contributed by atoms with Gasteiger partial charge in [0.1, 0.15) is 16.7 Å². The molecule has 0 bridgehead atoms. The van der Waals surface area contributed by atoms with Crippen molar-refractivity contribution in [3.05, 3.63) is 70.5 Å². The first-order valence-corrected chi connectivity index (χ1v) is 8.65. The van der Waals surface area contributed by atoms with Gasteiger partial charge in [0.2, 0.25) is 11.5 Å². The van der Waals surface area contributed by atoms with Gasteiger partial charge in [-0.15, -0.1) is 0 Å². The molecule has 28 heavy (non-hydrogen) atoms. The Morgan fingerprint density at radius 1 is 1.32 bits per heavy atom. The van der Waals surface area contributed by atoms with Crippen molar-refractivity contribution in [1.29, 1.82) is 0 Å². The molecule has 4 aromatic rings. The van der Waals surface area contributed by atoms with Crippen LogP contribution in [0, 0.1) is 0 Å². The van der Waals surface area contributed by atoms with Crippen molar-refractivity contribution in [2.24, 2.45) is 0 Å². The Balaban J connectivity index is 1.88. The predicted octanol–water partition coefficient (Wildman–Crippen LogP) is 0.233. The van der Waals surface area contributed by atoms with Crippen LogP contribution in [0.3, 0.4) is 0 Å². The molecule has 0 aromatic carbocycles. The van der Waals surface area contributed by atoms with Crippen molar-refractivity contribution < 1.29 is 18.9 Å². The van der Waals surface area contributed by atoms with Gasteiger partial charge in [-0.25, -0.2) is 4.57 Å². The van der Waals surface area contributed by atoms with Gasteiger partial charge in [0.15, 0.2) is 0 Å². The second-order valence-electron chi connectivity index (χ2n) is 6.16. The lowest BCUT2D eigenvalue weighted by Crippen LogP contribution is -2.44. The van der Waals surface area contributed by atoms with E-state index >= 15 is 0 Å². The van der Waals surface area contributed by atoms with Gasteiger partial charge in [0.25, 0.3) is 17.1 Å². The zero-order valence-corrected chi connectivity index (χ0v) is 14.8. The van der Waals surface area contributed by atoms with Crippen molar-refractivity contribution in [3.8, 4) is 0 Å². The van der Waals surface area contributed by atoms with E-state index in [4.69, 9.17) is 10.2 Å². The van der Waals surface area contributed by atoms with Crippen LogP contribution in [0.25, 0.3) is 16.7 Å². The zero-order chi connectivity index (χ0) is 19.7. The summed E-state index contributed by atoms with van der Waals surface area (Å²) in [5.74, 6) is 0.245. The number of anilines is 1. The van der Waals surface area contributed by atoms with Crippen molar-refractivity contribution in [3.63, 3.8) is 0 Å². The second kappa shape index (κ2) is 7.12. The number of amides is 1. The Morgan fingerprint density at radius 2 is 2.18 bits per heavy atom. The number of fused-ring (bicyclic) bond motifs is 2. The minimum Gasteiger partial charge on any atom is -0.467 e. The van der Waals surface area contributed by atoms with Crippen LogP contribution in [-0.4, -0.2) is 27.0 Å². The minimum absolute atomic E-state index is 0.0943. The lowest BCUT2D eigenvalue weighted by atomic mass is 10.1. The standard InChI is InChI=1S/C19H17N5O4/c20-16-13(18(26)21-11-12-4-3-9-28-12)10-14-17(24(16)7-8-25)22-15-5-1-2-6-23(15)19(14)27/h1-6,9-10,20,25H,7-8,11H2,(H,21,26)/p+1. The molecule has 0 spiro atoms. The normalized spacial score (nSPS) is 11.2. The van der Waals surface area contributed by atoms with Crippen LogP contribution in [-0.2, 0) is 13.1 Å². The lowest BCUT2D eigenvalue weighted by molar-refractivity contribution is -0.660. The number of aromatic nitrogens is 3. The van der Waals surface area contributed by atoms with Gasteiger partial charge in [0.05, 0.1) is 26.0 Å². The first-order chi connectivity index (χ1) is 13.6. The molecule has 0 fully saturated rings. The molecular weight excluding hydrogens is 362 g/mol. The molecule has 4 heterocycles. The van der Waals surface area contributed by atoms with Gasteiger partial charge in [-0.05, 0) is 30.3 Å². The third-order valence-electron chi connectivity index (χ3n) is 4.43. The Morgan fingerprint density at radius 3 is 2.93 bits per heavy atom. The summed E-state index contributed by atoms with van der Waals surface area (Å²) in [7, 11) is 0. The molecule has 0 saturated heterocycles. The minimum atomic E-state index is -0.458. The van der Waals surface area contributed by atoms with Crippen LogP contribution in [0.5, 0.6) is 0 Å². The number of hydrogen-bond donors (Lipinski definition) is 3. The average Bonchev–Trinajstić information content (AvgIpc) is 3.22. The van der Waals surface area contributed by atoms with Gasteiger partial charge >= 0.3 is 0 Å². The number of carbonyl (C=O) groups is 1. The highest BCUT2D eigenvalue weighted by Gasteiger charge is 2.24. The first-order valence-electron chi connectivity index (χ1n) is 8.65. The van der Waals surface area contributed by atoms with Gasteiger partial charge in [-0.1, -0.05) is 11.1 Å². The SMILES string of the molecule is Nc1c(C(=O)NCc2ccco2)cc2c(=O)n3ccccc3nc2[n+]1CCO. The van der Waals surface area contributed by atoms with Crippen molar-refractivity contribution >= 4 is 28.4 Å². The van der Waals surface area contributed by atoms with Crippen LogP contribution in [0.1, 0.15) is 16.1 Å². The van der Waals surface area contributed by atoms with Crippen molar-refractivity contribution in [2.75, 3.05) is 12.3 Å². The van der Waals surface area contributed by atoms with Gasteiger partial charge in [-0.2, -0.15) is 0 Å². The summed E-state index contributed by atoms with van der Waals surface area (Å²) >= 11 is 0. The molecule has 0 radical (unpaired) electrons. The Kier molecular flexibility index (Phi) is 4.50. The lowest BCUT2D eigenvalue weighted by Gasteiger charge is -2.11. The molecule has 0 saturated carbocycles. The van der Waals surface area contributed by atoms with Gasteiger partial charge in [-0.3, -0.25) is 14.0 Å². The number of aliphatic hydroxyl groups is 1. The predicted molar refractivity (Wildman–Crippen MR) is 101 cm³/mol. The van der Waals surface area contributed by atoms with Gasteiger partial charge in [0, 0.05) is 6.20 Å². The third-order valence-corrected chi connectivity index (χ3v) is 4.43. The molecule has 0 aliphatic heterocycles. The fourth-order valence-corrected chi connectivity index (χ4v) is 3.08. The molecular formula is C19H18N5O4+. The van der Waals surface area contributed by atoms with Crippen LogP contribution < -0.4 is 21.2 Å². The number of rotatable bonds is 5. The smallest absolute Gasteiger partial charge is 0.278 e. The fraction of sp³-hybridized carbons (Fsp3) is 0.158. The maximum Gasteiger partial charge on any atom is 0.278 e. The summed E-state index contributed by atoms with van der Waals surface area (Å²) in [4.78, 5) is 30.1. The highest BCUT2D eigenvalue weighted by molar-refractivity contribution is 6.00. The van der Waals surface area contributed by atoms with E-state index in [0.717, 1.165) is 0 Å². The van der Waals surface area contributed by atoms with E-state index in [1.54, 1.807) is 36.5 Å². The van der Waals surface area contributed by atoms with Crippen LogP contribution >= 0.6 is 0 Å². The number of aliphatic hydroxyl groups excluding tert-OH is 1.